The predicted octanol–water partition coefficient (Wildman–Crippen LogP) is 5.18. The average molecular weight is 443 g/mol. The minimum Gasteiger partial charge on any atom is -0.455 e. The lowest BCUT2D eigenvalue weighted by atomic mass is 10.1. The molecule has 2 aliphatic heterocycles. The van der Waals surface area contributed by atoms with E-state index in [4.69, 9.17) is 4.42 Å². The lowest BCUT2D eigenvalue weighted by Gasteiger charge is -2.31. The van der Waals surface area contributed by atoms with Gasteiger partial charge in [-0.2, -0.15) is 13.2 Å². The molecule has 0 unspecified atom stereocenters. The number of furan rings is 1. The number of alkyl halides is 3. The van der Waals surface area contributed by atoms with E-state index in [1.54, 1.807) is 6.20 Å². The highest BCUT2D eigenvalue weighted by atomic mass is 19.4. The van der Waals surface area contributed by atoms with Gasteiger partial charge in [0.25, 0.3) is 0 Å². The van der Waals surface area contributed by atoms with E-state index in [9.17, 15) is 13.2 Å². The first kappa shape index (κ1) is 20.7. The number of nitrogens with zero attached hydrogens (tertiary/aromatic N) is 4. The number of halogens is 3. The molecule has 1 fully saturated rings. The maximum absolute atomic E-state index is 12.9. The van der Waals surface area contributed by atoms with Crippen LogP contribution in [0.3, 0.4) is 0 Å². The Labute approximate surface area is 184 Å². The quantitative estimate of drug-likeness (QED) is 0.600. The standard InChI is InChI=1S/C23H24F3N5O/c24-23(25,26)20-6-5-18(32-20)15-31-11-8-27-22-19(31)12-17(14-29-22)16-4-7-21(28-13-16)30-9-2-1-3-10-30/h4-7,12-14H,1-3,8-11,15H2,(H,27,29). The third kappa shape index (κ3) is 4.24. The van der Waals surface area contributed by atoms with Crippen molar-refractivity contribution in [2.24, 2.45) is 0 Å². The molecule has 0 aliphatic carbocycles. The zero-order valence-corrected chi connectivity index (χ0v) is 17.5. The van der Waals surface area contributed by atoms with Crippen molar-refractivity contribution in [1.82, 2.24) is 9.97 Å². The predicted molar refractivity (Wildman–Crippen MR) is 117 cm³/mol. The lowest BCUT2D eigenvalue weighted by Crippen LogP contribution is -2.33. The highest BCUT2D eigenvalue weighted by Crippen LogP contribution is 2.35. The van der Waals surface area contributed by atoms with Crippen molar-refractivity contribution in [3.63, 3.8) is 0 Å². The fourth-order valence-corrected chi connectivity index (χ4v) is 4.25. The Balaban J connectivity index is 1.37. The molecule has 3 aromatic heterocycles. The zero-order chi connectivity index (χ0) is 22.1. The van der Waals surface area contributed by atoms with Gasteiger partial charge in [0.05, 0.1) is 12.2 Å². The molecule has 9 heteroatoms. The number of nitrogens with one attached hydrogen (secondary N) is 1. The Morgan fingerprint density at radius 1 is 0.938 bits per heavy atom. The molecule has 0 amide bonds. The Kier molecular flexibility index (Phi) is 5.40. The Bertz CT molecular complexity index is 1070. The van der Waals surface area contributed by atoms with Gasteiger partial charge in [-0.05, 0) is 49.6 Å². The van der Waals surface area contributed by atoms with Gasteiger partial charge in [-0.15, -0.1) is 0 Å². The highest BCUT2D eigenvalue weighted by Gasteiger charge is 2.35. The second-order valence-electron chi connectivity index (χ2n) is 8.16. The van der Waals surface area contributed by atoms with E-state index in [0.29, 0.717) is 18.9 Å². The number of piperidine rings is 1. The summed E-state index contributed by atoms with van der Waals surface area (Å²) in [5.74, 6) is 0.985. The van der Waals surface area contributed by atoms with Crippen LogP contribution in [0.5, 0.6) is 0 Å². The largest absolute Gasteiger partial charge is 0.455 e. The second kappa shape index (κ2) is 8.37. The molecule has 0 spiro atoms. The molecular weight excluding hydrogens is 419 g/mol. The molecule has 0 bridgehead atoms. The van der Waals surface area contributed by atoms with Crippen molar-refractivity contribution in [2.45, 2.75) is 32.0 Å². The van der Waals surface area contributed by atoms with Gasteiger partial charge in [-0.3, -0.25) is 0 Å². The van der Waals surface area contributed by atoms with Gasteiger partial charge in [-0.25, -0.2) is 9.97 Å². The van der Waals surface area contributed by atoms with E-state index in [-0.39, 0.29) is 12.3 Å². The molecule has 0 radical (unpaired) electrons. The molecule has 6 nitrogen and oxygen atoms in total. The van der Waals surface area contributed by atoms with Crippen molar-refractivity contribution >= 4 is 17.3 Å². The first-order valence-corrected chi connectivity index (χ1v) is 10.8. The summed E-state index contributed by atoms with van der Waals surface area (Å²) in [7, 11) is 0. The monoisotopic (exact) mass is 443 g/mol. The lowest BCUT2D eigenvalue weighted by molar-refractivity contribution is -0.153. The van der Waals surface area contributed by atoms with Gasteiger partial charge in [0.15, 0.2) is 0 Å². The summed E-state index contributed by atoms with van der Waals surface area (Å²) >= 11 is 0. The third-order valence-electron chi connectivity index (χ3n) is 5.93. The van der Waals surface area contributed by atoms with E-state index in [1.165, 1.54) is 25.3 Å². The van der Waals surface area contributed by atoms with Gasteiger partial charge in [-0.1, -0.05) is 0 Å². The number of pyridine rings is 2. The Morgan fingerprint density at radius 3 is 2.47 bits per heavy atom. The normalized spacial score (nSPS) is 16.6. The molecular formula is C23H24F3N5O. The van der Waals surface area contributed by atoms with Crippen LogP contribution in [0, 0.1) is 0 Å². The molecule has 1 N–H and O–H groups in total. The summed E-state index contributed by atoms with van der Waals surface area (Å²) in [5, 5.41) is 3.25. The summed E-state index contributed by atoms with van der Waals surface area (Å²) in [6.45, 7) is 3.60. The van der Waals surface area contributed by atoms with Crippen LogP contribution in [-0.4, -0.2) is 36.1 Å². The number of hydrogen-bond acceptors (Lipinski definition) is 6. The number of fused-ring (bicyclic) bond motifs is 1. The topological polar surface area (TPSA) is 57.4 Å². The first-order chi connectivity index (χ1) is 15.5. The fourth-order valence-electron chi connectivity index (χ4n) is 4.25. The summed E-state index contributed by atoms with van der Waals surface area (Å²) in [4.78, 5) is 13.5. The maximum Gasteiger partial charge on any atom is 0.449 e. The molecule has 0 aromatic carbocycles. The number of rotatable bonds is 4. The fraction of sp³-hybridized carbons (Fsp3) is 0.391. The van der Waals surface area contributed by atoms with Crippen LogP contribution < -0.4 is 15.1 Å². The average Bonchev–Trinajstić information content (AvgIpc) is 3.29. The van der Waals surface area contributed by atoms with Crippen LogP contribution in [0.2, 0.25) is 0 Å². The third-order valence-corrected chi connectivity index (χ3v) is 5.93. The maximum atomic E-state index is 12.9. The molecule has 32 heavy (non-hydrogen) atoms. The van der Waals surface area contributed by atoms with E-state index >= 15 is 0 Å². The Hall–Kier alpha value is -3.23. The van der Waals surface area contributed by atoms with Gasteiger partial charge >= 0.3 is 6.18 Å². The van der Waals surface area contributed by atoms with E-state index in [1.807, 2.05) is 29.3 Å². The minimum absolute atomic E-state index is 0.238. The van der Waals surface area contributed by atoms with Crippen molar-refractivity contribution in [3.8, 4) is 11.1 Å². The van der Waals surface area contributed by atoms with Gasteiger partial charge < -0.3 is 19.5 Å². The summed E-state index contributed by atoms with van der Waals surface area (Å²) < 4.78 is 43.6. The van der Waals surface area contributed by atoms with Crippen LogP contribution in [0.1, 0.15) is 30.8 Å². The molecule has 3 aromatic rings. The van der Waals surface area contributed by atoms with E-state index in [0.717, 1.165) is 41.8 Å². The summed E-state index contributed by atoms with van der Waals surface area (Å²) in [6.07, 6.45) is 2.83. The Morgan fingerprint density at radius 2 is 1.75 bits per heavy atom. The number of aromatic nitrogens is 2. The van der Waals surface area contributed by atoms with E-state index in [2.05, 4.69) is 20.2 Å². The zero-order valence-electron chi connectivity index (χ0n) is 17.5. The molecule has 1 saturated heterocycles. The first-order valence-electron chi connectivity index (χ1n) is 10.8. The van der Waals surface area contributed by atoms with Crippen LogP contribution in [0.4, 0.5) is 30.5 Å². The number of anilines is 3. The molecule has 0 saturated carbocycles. The molecule has 0 atom stereocenters. The molecule has 5 rings (SSSR count). The summed E-state index contributed by atoms with van der Waals surface area (Å²) in [6, 6.07) is 8.44. The second-order valence-corrected chi connectivity index (χ2v) is 8.16. The molecule has 2 aliphatic rings. The SMILES string of the molecule is FC(F)(F)c1ccc(CN2CCNc3ncc(-c4ccc(N5CCCCC5)nc4)cc32)o1. The number of hydrogen-bond donors (Lipinski definition) is 1. The van der Waals surface area contributed by atoms with Crippen LogP contribution >= 0.6 is 0 Å². The summed E-state index contributed by atoms with van der Waals surface area (Å²) in [5.41, 5.74) is 2.69. The van der Waals surface area contributed by atoms with Gasteiger partial charge in [0.1, 0.15) is 17.4 Å². The van der Waals surface area contributed by atoms with Crippen LogP contribution in [-0.2, 0) is 12.7 Å². The van der Waals surface area contributed by atoms with Gasteiger partial charge in [0.2, 0.25) is 5.76 Å². The minimum atomic E-state index is -4.48. The van der Waals surface area contributed by atoms with Crippen molar-refractivity contribution in [3.05, 3.63) is 54.2 Å². The smallest absolute Gasteiger partial charge is 0.449 e. The van der Waals surface area contributed by atoms with Crippen molar-refractivity contribution < 1.29 is 17.6 Å². The molecule has 5 heterocycles. The van der Waals surface area contributed by atoms with Crippen molar-refractivity contribution in [2.75, 3.05) is 41.3 Å². The van der Waals surface area contributed by atoms with Gasteiger partial charge in [0, 0.05) is 49.7 Å². The molecule has 168 valence electrons. The van der Waals surface area contributed by atoms with E-state index < -0.39 is 11.9 Å². The van der Waals surface area contributed by atoms with Crippen LogP contribution in [0.25, 0.3) is 11.1 Å². The van der Waals surface area contributed by atoms with Crippen molar-refractivity contribution in [1.29, 1.82) is 0 Å². The van der Waals surface area contributed by atoms with Crippen LogP contribution in [0.15, 0.2) is 47.1 Å². The highest BCUT2D eigenvalue weighted by molar-refractivity contribution is 5.76.